The van der Waals surface area contributed by atoms with Crippen molar-refractivity contribution in [1.82, 2.24) is 14.9 Å². The van der Waals surface area contributed by atoms with Gasteiger partial charge in [0.25, 0.3) is 5.91 Å². The van der Waals surface area contributed by atoms with Crippen molar-refractivity contribution >= 4 is 5.91 Å². The van der Waals surface area contributed by atoms with E-state index >= 15 is 0 Å². The van der Waals surface area contributed by atoms with Crippen molar-refractivity contribution in [3.8, 4) is 0 Å². The lowest BCUT2D eigenvalue weighted by molar-refractivity contribution is 0.0672. The number of nitrogens with one attached hydrogen (secondary N) is 2. The van der Waals surface area contributed by atoms with Gasteiger partial charge in [-0.1, -0.05) is 0 Å². The number of H-pyrrole nitrogens is 2. The van der Waals surface area contributed by atoms with Crippen LogP contribution in [-0.2, 0) is 0 Å². The smallest absolute Gasteiger partial charge is 0.323 e. The number of aromatic amines is 2. The predicted molar refractivity (Wildman–Crippen MR) is 52.6 cm³/mol. The van der Waals surface area contributed by atoms with Gasteiger partial charge >= 0.3 is 5.69 Å². The van der Waals surface area contributed by atoms with Crippen molar-refractivity contribution in [1.29, 1.82) is 0 Å². The van der Waals surface area contributed by atoms with Crippen molar-refractivity contribution in [3.05, 3.63) is 22.4 Å². The molecule has 15 heavy (non-hydrogen) atoms. The molecule has 2 heterocycles. The van der Waals surface area contributed by atoms with E-state index < -0.39 is 5.69 Å². The highest BCUT2D eigenvalue weighted by Gasteiger charge is 2.29. The van der Waals surface area contributed by atoms with E-state index in [9.17, 15) is 9.59 Å². The van der Waals surface area contributed by atoms with Crippen LogP contribution < -0.4 is 5.69 Å². The Morgan fingerprint density at radius 2 is 2.47 bits per heavy atom. The van der Waals surface area contributed by atoms with E-state index in [0.717, 1.165) is 12.8 Å². The maximum atomic E-state index is 11.9. The first-order valence-electron chi connectivity index (χ1n) is 4.92. The number of carbonyl (C=O) groups is 1. The molecule has 1 fully saturated rings. The number of amides is 1. The summed E-state index contributed by atoms with van der Waals surface area (Å²) in [6, 6.07) is -0.115. The van der Waals surface area contributed by atoms with Crippen molar-refractivity contribution in [3.63, 3.8) is 0 Å². The Bertz CT molecular complexity index is 409. The zero-order valence-electron chi connectivity index (χ0n) is 8.19. The lowest BCUT2D eigenvalue weighted by Crippen LogP contribution is -2.37. The lowest BCUT2D eigenvalue weighted by atomic mass is 10.2. The molecule has 82 valence electrons. The van der Waals surface area contributed by atoms with E-state index in [0.29, 0.717) is 6.54 Å². The third kappa shape index (κ3) is 1.80. The quantitative estimate of drug-likeness (QED) is 0.604. The molecule has 0 radical (unpaired) electrons. The summed E-state index contributed by atoms with van der Waals surface area (Å²) < 4.78 is 0. The van der Waals surface area contributed by atoms with Gasteiger partial charge in [-0.15, -0.1) is 0 Å². The molecule has 0 saturated carbocycles. The number of hydrogen-bond acceptors (Lipinski definition) is 3. The molecule has 1 aliphatic rings. The van der Waals surface area contributed by atoms with Gasteiger partial charge in [0.2, 0.25) is 0 Å². The number of imidazole rings is 1. The van der Waals surface area contributed by atoms with E-state index in [1.807, 2.05) is 0 Å². The molecule has 0 aliphatic carbocycles. The first kappa shape index (κ1) is 9.97. The minimum absolute atomic E-state index is 0.0274. The molecule has 1 aromatic heterocycles. The number of aliphatic hydroxyl groups excluding tert-OH is 1. The molecule has 1 aliphatic heterocycles. The van der Waals surface area contributed by atoms with Gasteiger partial charge in [-0.25, -0.2) is 4.79 Å². The summed E-state index contributed by atoms with van der Waals surface area (Å²) in [4.78, 5) is 29.1. The molecule has 1 aromatic rings. The zero-order valence-corrected chi connectivity index (χ0v) is 8.19. The van der Waals surface area contributed by atoms with Crippen molar-refractivity contribution < 1.29 is 9.90 Å². The molecule has 0 aromatic carbocycles. The van der Waals surface area contributed by atoms with Gasteiger partial charge in [0.1, 0.15) is 5.69 Å². The molecule has 1 amide bonds. The van der Waals surface area contributed by atoms with Crippen molar-refractivity contribution in [2.75, 3.05) is 13.2 Å². The van der Waals surface area contributed by atoms with Crippen LogP contribution in [0, 0.1) is 0 Å². The number of nitrogens with zero attached hydrogens (tertiary/aromatic N) is 1. The van der Waals surface area contributed by atoms with Crippen molar-refractivity contribution in [2.45, 2.75) is 18.9 Å². The maximum absolute atomic E-state index is 11.9. The van der Waals surface area contributed by atoms with Crippen LogP contribution in [0.2, 0.25) is 0 Å². The number of hydrogen-bond donors (Lipinski definition) is 3. The highest BCUT2D eigenvalue weighted by Crippen LogP contribution is 2.18. The SMILES string of the molecule is O=C(c1c[nH]c(=O)[nH]1)N1CCC[C@@H]1CO. The third-order valence-corrected chi connectivity index (χ3v) is 2.67. The number of likely N-dealkylation sites (tertiary alicyclic amines) is 1. The molecule has 0 spiro atoms. The summed E-state index contributed by atoms with van der Waals surface area (Å²) >= 11 is 0. The van der Waals surface area contributed by atoms with Crippen LogP contribution in [0.15, 0.2) is 11.0 Å². The van der Waals surface area contributed by atoms with Crippen LogP contribution in [0.4, 0.5) is 0 Å². The predicted octanol–water partition coefficient (Wildman–Crippen LogP) is -0.700. The Labute approximate surface area is 85.9 Å². The summed E-state index contributed by atoms with van der Waals surface area (Å²) in [5.74, 6) is -0.232. The Morgan fingerprint density at radius 3 is 3.07 bits per heavy atom. The average molecular weight is 211 g/mol. The van der Waals surface area contributed by atoms with E-state index in [1.165, 1.54) is 6.20 Å². The summed E-state index contributed by atoms with van der Waals surface area (Å²) in [5.41, 5.74) is -0.140. The summed E-state index contributed by atoms with van der Waals surface area (Å²) in [6.07, 6.45) is 3.07. The largest absolute Gasteiger partial charge is 0.394 e. The van der Waals surface area contributed by atoms with Crippen LogP contribution in [0.25, 0.3) is 0 Å². The molecule has 6 heteroatoms. The van der Waals surface area contributed by atoms with Gasteiger partial charge in [0.05, 0.1) is 12.6 Å². The average Bonchev–Trinajstić information content (AvgIpc) is 2.84. The maximum Gasteiger partial charge on any atom is 0.323 e. The molecule has 2 rings (SSSR count). The van der Waals surface area contributed by atoms with Crippen LogP contribution in [0.5, 0.6) is 0 Å². The highest BCUT2D eigenvalue weighted by molar-refractivity contribution is 5.92. The third-order valence-electron chi connectivity index (χ3n) is 2.67. The second-order valence-electron chi connectivity index (χ2n) is 3.63. The monoisotopic (exact) mass is 211 g/mol. The Kier molecular flexibility index (Phi) is 2.59. The highest BCUT2D eigenvalue weighted by atomic mass is 16.3. The van der Waals surface area contributed by atoms with E-state index in [1.54, 1.807) is 4.90 Å². The van der Waals surface area contributed by atoms with Crippen LogP contribution in [0.3, 0.4) is 0 Å². The standard InChI is InChI=1S/C9H13N3O3/c13-5-6-2-1-3-12(6)8(14)7-4-10-9(15)11-7/h4,6,13H,1-3,5H2,(H2,10,11,15)/t6-/m1/s1. The molecule has 0 unspecified atom stereocenters. The second kappa shape index (κ2) is 3.90. The Hall–Kier alpha value is -1.56. The van der Waals surface area contributed by atoms with E-state index in [2.05, 4.69) is 9.97 Å². The first-order valence-corrected chi connectivity index (χ1v) is 4.92. The summed E-state index contributed by atoms with van der Waals surface area (Å²) in [6.45, 7) is 0.609. The molecular formula is C9H13N3O3. The number of carbonyl (C=O) groups excluding carboxylic acids is 1. The molecule has 3 N–H and O–H groups in total. The molecule has 6 nitrogen and oxygen atoms in total. The number of aromatic nitrogens is 2. The van der Waals surface area contributed by atoms with Crippen LogP contribution in [0.1, 0.15) is 23.3 Å². The fourth-order valence-corrected chi connectivity index (χ4v) is 1.89. The second-order valence-corrected chi connectivity index (χ2v) is 3.63. The lowest BCUT2D eigenvalue weighted by Gasteiger charge is -2.21. The minimum Gasteiger partial charge on any atom is -0.394 e. The van der Waals surface area contributed by atoms with Crippen LogP contribution >= 0.6 is 0 Å². The van der Waals surface area contributed by atoms with Gasteiger partial charge in [0, 0.05) is 12.7 Å². The molecule has 0 bridgehead atoms. The molecule has 1 atom stereocenters. The number of aliphatic hydroxyl groups is 1. The number of rotatable bonds is 2. The van der Waals surface area contributed by atoms with E-state index in [-0.39, 0.29) is 24.2 Å². The Balaban J connectivity index is 2.17. The Morgan fingerprint density at radius 1 is 1.67 bits per heavy atom. The topological polar surface area (TPSA) is 89.2 Å². The van der Waals surface area contributed by atoms with Gasteiger partial charge in [-0.2, -0.15) is 0 Å². The first-order chi connectivity index (χ1) is 7.22. The molecular weight excluding hydrogens is 198 g/mol. The minimum atomic E-state index is -0.391. The fraction of sp³-hybridized carbons (Fsp3) is 0.556. The van der Waals surface area contributed by atoms with Crippen molar-refractivity contribution in [2.24, 2.45) is 0 Å². The fourth-order valence-electron chi connectivity index (χ4n) is 1.89. The van der Waals surface area contributed by atoms with Gasteiger partial charge < -0.3 is 20.0 Å². The molecule has 1 saturated heterocycles. The van der Waals surface area contributed by atoms with Gasteiger partial charge in [0.15, 0.2) is 0 Å². The summed E-state index contributed by atoms with van der Waals surface area (Å²) in [7, 11) is 0. The van der Waals surface area contributed by atoms with Gasteiger partial charge in [-0.05, 0) is 12.8 Å². The zero-order chi connectivity index (χ0) is 10.8. The van der Waals surface area contributed by atoms with E-state index in [4.69, 9.17) is 5.11 Å². The van der Waals surface area contributed by atoms with Gasteiger partial charge in [-0.3, -0.25) is 4.79 Å². The summed E-state index contributed by atoms with van der Waals surface area (Å²) in [5, 5.41) is 9.06. The normalized spacial score (nSPS) is 20.9. The van der Waals surface area contributed by atoms with Crippen LogP contribution in [-0.4, -0.2) is 45.1 Å².